The van der Waals surface area contributed by atoms with Crippen molar-refractivity contribution in [2.24, 2.45) is 0 Å². The first-order chi connectivity index (χ1) is 8.30. The van der Waals surface area contributed by atoms with Gasteiger partial charge in [0.05, 0.1) is 5.54 Å². The van der Waals surface area contributed by atoms with Crippen LogP contribution >= 0.6 is 0 Å². The number of benzene rings is 2. The van der Waals surface area contributed by atoms with Gasteiger partial charge in [0, 0.05) is 16.9 Å². The third kappa shape index (κ3) is 1.86. The van der Waals surface area contributed by atoms with Crippen molar-refractivity contribution in [1.29, 1.82) is 0 Å². The third-order valence-corrected chi connectivity index (χ3v) is 3.38. The molecule has 0 radical (unpaired) electrons. The fraction of sp³-hybridized carbons (Fsp3) is 0.200. The standard InChI is InChI=1S/C15H16N2/c16-14-9-5-4-8-13(14)15(10-11-15)17-12-6-2-1-3-7-12/h1-9,17H,10-11,16H2. The molecule has 0 atom stereocenters. The molecule has 1 aliphatic rings. The van der Waals surface area contributed by atoms with Gasteiger partial charge in [-0.3, -0.25) is 0 Å². The molecule has 0 bridgehead atoms. The summed E-state index contributed by atoms with van der Waals surface area (Å²) in [4.78, 5) is 0. The summed E-state index contributed by atoms with van der Waals surface area (Å²) in [5.41, 5.74) is 9.39. The lowest BCUT2D eigenvalue weighted by atomic mass is 10.0. The van der Waals surface area contributed by atoms with Crippen LogP contribution in [0.2, 0.25) is 0 Å². The smallest absolute Gasteiger partial charge is 0.0647 e. The van der Waals surface area contributed by atoms with Gasteiger partial charge in [0.1, 0.15) is 0 Å². The van der Waals surface area contributed by atoms with E-state index in [4.69, 9.17) is 5.73 Å². The van der Waals surface area contributed by atoms with E-state index in [0.717, 1.165) is 24.2 Å². The van der Waals surface area contributed by atoms with Crippen LogP contribution in [0.1, 0.15) is 18.4 Å². The summed E-state index contributed by atoms with van der Waals surface area (Å²) in [6.07, 6.45) is 2.30. The highest BCUT2D eigenvalue weighted by Gasteiger charge is 2.45. The molecule has 2 aromatic carbocycles. The summed E-state index contributed by atoms with van der Waals surface area (Å²) in [5, 5.41) is 3.61. The Morgan fingerprint density at radius 2 is 1.53 bits per heavy atom. The highest BCUT2D eigenvalue weighted by molar-refractivity contribution is 5.58. The average Bonchev–Trinajstić information content (AvgIpc) is 3.12. The molecule has 0 unspecified atom stereocenters. The summed E-state index contributed by atoms with van der Waals surface area (Å²) < 4.78 is 0. The summed E-state index contributed by atoms with van der Waals surface area (Å²) in [7, 11) is 0. The van der Waals surface area contributed by atoms with E-state index in [2.05, 4.69) is 29.6 Å². The number of para-hydroxylation sites is 2. The lowest BCUT2D eigenvalue weighted by Gasteiger charge is -2.21. The Labute approximate surface area is 101 Å². The second-order valence-electron chi connectivity index (χ2n) is 4.66. The molecule has 2 heteroatoms. The minimum Gasteiger partial charge on any atom is -0.398 e. The number of nitrogen functional groups attached to an aromatic ring is 1. The van der Waals surface area contributed by atoms with Gasteiger partial charge in [-0.05, 0) is 31.0 Å². The highest BCUT2D eigenvalue weighted by atomic mass is 15.0. The Bertz CT molecular complexity index is 515. The van der Waals surface area contributed by atoms with Crippen LogP contribution in [0.5, 0.6) is 0 Å². The molecular weight excluding hydrogens is 208 g/mol. The minimum absolute atomic E-state index is 0.0622. The SMILES string of the molecule is Nc1ccccc1C1(Nc2ccccc2)CC1. The van der Waals surface area contributed by atoms with Crippen molar-refractivity contribution in [3.63, 3.8) is 0 Å². The van der Waals surface area contributed by atoms with E-state index in [1.165, 1.54) is 5.56 Å². The van der Waals surface area contributed by atoms with E-state index < -0.39 is 0 Å². The number of hydrogen-bond acceptors (Lipinski definition) is 2. The van der Waals surface area contributed by atoms with Crippen LogP contribution in [0.15, 0.2) is 54.6 Å². The van der Waals surface area contributed by atoms with E-state index in [0.29, 0.717) is 0 Å². The fourth-order valence-corrected chi connectivity index (χ4v) is 2.32. The molecule has 0 amide bonds. The number of hydrogen-bond donors (Lipinski definition) is 2. The molecule has 86 valence electrons. The monoisotopic (exact) mass is 224 g/mol. The molecular formula is C15H16N2. The second-order valence-corrected chi connectivity index (χ2v) is 4.66. The summed E-state index contributed by atoms with van der Waals surface area (Å²) >= 11 is 0. The molecule has 0 spiro atoms. The predicted octanol–water partition coefficient (Wildman–Crippen LogP) is 3.37. The number of nitrogens with two attached hydrogens (primary N) is 1. The first kappa shape index (κ1) is 10.2. The predicted molar refractivity (Wildman–Crippen MR) is 71.8 cm³/mol. The zero-order valence-corrected chi connectivity index (χ0v) is 9.69. The zero-order chi connectivity index (χ0) is 11.7. The Balaban J connectivity index is 1.91. The molecule has 0 heterocycles. The largest absolute Gasteiger partial charge is 0.398 e. The van der Waals surface area contributed by atoms with Gasteiger partial charge in [0.2, 0.25) is 0 Å². The molecule has 17 heavy (non-hydrogen) atoms. The average molecular weight is 224 g/mol. The van der Waals surface area contributed by atoms with E-state index in [1.54, 1.807) is 0 Å². The van der Waals surface area contributed by atoms with Crippen molar-refractivity contribution < 1.29 is 0 Å². The lowest BCUT2D eigenvalue weighted by Crippen LogP contribution is -2.20. The molecule has 2 nitrogen and oxygen atoms in total. The lowest BCUT2D eigenvalue weighted by molar-refractivity contribution is 0.812. The molecule has 1 saturated carbocycles. The molecule has 1 fully saturated rings. The maximum absolute atomic E-state index is 6.06. The highest BCUT2D eigenvalue weighted by Crippen LogP contribution is 2.50. The van der Waals surface area contributed by atoms with Crippen molar-refractivity contribution in [2.75, 3.05) is 11.1 Å². The van der Waals surface area contributed by atoms with E-state index in [9.17, 15) is 0 Å². The van der Waals surface area contributed by atoms with Crippen LogP contribution in [0.25, 0.3) is 0 Å². The van der Waals surface area contributed by atoms with Crippen molar-refractivity contribution in [3.05, 3.63) is 60.2 Å². The van der Waals surface area contributed by atoms with Gasteiger partial charge >= 0.3 is 0 Å². The zero-order valence-electron chi connectivity index (χ0n) is 9.69. The minimum atomic E-state index is 0.0622. The van der Waals surface area contributed by atoms with Gasteiger partial charge in [-0.15, -0.1) is 0 Å². The Morgan fingerprint density at radius 1 is 0.882 bits per heavy atom. The Morgan fingerprint density at radius 3 is 2.18 bits per heavy atom. The summed E-state index contributed by atoms with van der Waals surface area (Å²) in [5.74, 6) is 0. The first-order valence-corrected chi connectivity index (χ1v) is 5.98. The summed E-state index contributed by atoms with van der Waals surface area (Å²) in [6.45, 7) is 0. The first-order valence-electron chi connectivity index (χ1n) is 5.98. The van der Waals surface area contributed by atoms with Gasteiger partial charge < -0.3 is 11.1 Å². The molecule has 0 aromatic heterocycles. The summed E-state index contributed by atoms with van der Waals surface area (Å²) in [6, 6.07) is 18.5. The molecule has 0 aliphatic heterocycles. The van der Waals surface area contributed by atoms with Gasteiger partial charge in [-0.25, -0.2) is 0 Å². The van der Waals surface area contributed by atoms with Crippen molar-refractivity contribution in [1.82, 2.24) is 0 Å². The Hall–Kier alpha value is -1.96. The molecule has 2 aromatic rings. The third-order valence-electron chi connectivity index (χ3n) is 3.38. The van der Waals surface area contributed by atoms with E-state index in [1.807, 2.05) is 30.3 Å². The number of anilines is 2. The van der Waals surface area contributed by atoms with Crippen LogP contribution in [0, 0.1) is 0 Å². The second kappa shape index (κ2) is 3.81. The van der Waals surface area contributed by atoms with Crippen molar-refractivity contribution >= 4 is 11.4 Å². The van der Waals surface area contributed by atoms with Crippen LogP contribution < -0.4 is 11.1 Å². The van der Waals surface area contributed by atoms with Crippen molar-refractivity contribution in [2.45, 2.75) is 18.4 Å². The molecule has 1 aliphatic carbocycles. The molecule has 3 N–H and O–H groups in total. The van der Waals surface area contributed by atoms with Crippen molar-refractivity contribution in [3.8, 4) is 0 Å². The fourth-order valence-electron chi connectivity index (χ4n) is 2.32. The van der Waals surface area contributed by atoms with Gasteiger partial charge in [0.15, 0.2) is 0 Å². The van der Waals surface area contributed by atoms with Crippen LogP contribution in [-0.2, 0) is 5.54 Å². The number of rotatable bonds is 3. The molecule has 3 rings (SSSR count). The van der Waals surface area contributed by atoms with Gasteiger partial charge in [-0.1, -0.05) is 36.4 Å². The molecule has 0 saturated heterocycles. The number of nitrogens with one attached hydrogen (secondary N) is 1. The van der Waals surface area contributed by atoms with Crippen LogP contribution in [-0.4, -0.2) is 0 Å². The normalized spacial score (nSPS) is 16.5. The Kier molecular flexibility index (Phi) is 2.29. The van der Waals surface area contributed by atoms with E-state index >= 15 is 0 Å². The quantitative estimate of drug-likeness (QED) is 0.784. The van der Waals surface area contributed by atoms with Gasteiger partial charge in [-0.2, -0.15) is 0 Å². The van der Waals surface area contributed by atoms with Gasteiger partial charge in [0.25, 0.3) is 0 Å². The maximum Gasteiger partial charge on any atom is 0.0647 e. The van der Waals surface area contributed by atoms with E-state index in [-0.39, 0.29) is 5.54 Å². The maximum atomic E-state index is 6.06. The topological polar surface area (TPSA) is 38.0 Å². The van der Waals surface area contributed by atoms with Crippen LogP contribution in [0.4, 0.5) is 11.4 Å². The van der Waals surface area contributed by atoms with Crippen LogP contribution in [0.3, 0.4) is 0 Å².